The van der Waals surface area contributed by atoms with Crippen molar-refractivity contribution in [2.45, 2.75) is 84.5 Å². The van der Waals surface area contributed by atoms with Crippen molar-refractivity contribution >= 4 is 23.8 Å². The Morgan fingerprint density at radius 1 is 0.488 bits per heavy atom. The van der Waals surface area contributed by atoms with Gasteiger partial charge in [-0.05, 0) is 56.8 Å². The average Bonchev–Trinajstić information content (AvgIpc) is 3.65. The van der Waals surface area contributed by atoms with Crippen molar-refractivity contribution in [3.63, 3.8) is 0 Å². The lowest BCUT2D eigenvalue weighted by Crippen LogP contribution is -2.33. The fraction of sp³-hybridized carbons (Fsp3) is 0.793. The summed E-state index contributed by atoms with van der Waals surface area (Å²) in [5.41, 5.74) is 0. The second-order valence-electron chi connectivity index (χ2n) is 11.7. The number of fused-ring (bicyclic) bond motifs is 2. The fourth-order valence-corrected chi connectivity index (χ4v) is 6.60. The molecule has 0 aromatic carbocycles. The van der Waals surface area contributed by atoms with E-state index < -0.39 is 0 Å². The van der Waals surface area contributed by atoms with E-state index in [1.54, 1.807) is 19.6 Å². The molecule has 0 aliphatic heterocycles. The predicted octanol–water partition coefficient (Wildman–Crippen LogP) is 2.02. The summed E-state index contributed by atoms with van der Waals surface area (Å²) in [4.78, 5) is 35.8. The largest absolute Gasteiger partial charge is 0.376 e. The molecule has 2 bridgehead atoms. The summed E-state index contributed by atoms with van der Waals surface area (Å²) in [6.45, 7) is 9.70. The van der Waals surface area contributed by atoms with Crippen molar-refractivity contribution in [3.8, 4) is 0 Å². The molecule has 2 atom stereocenters. The molecule has 0 amide bonds. The van der Waals surface area contributed by atoms with E-state index in [1.165, 1.54) is 0 Å². The van der Waals surface area contributed by atoms with Gasteiger partial charge in [-0.2, -0.15) is 29.9 Å². The highest BCUT2D eigenvalue weighted by Crippen LogP contribution is 2.58. The predicted molar refractivity (Wildman–Crippen MR) is 165 cm³/mol. The normalized spacial score (nSPS) is 20.9. The van der Waals surface area contributed by atoms with Gasteiger partial charge in [-0.15, -0.1) is 0 Å². The number of aliphatic hydroxyl groups excluding tert-OH is 4. The molecule has 2 aromatic heterocycles. The number of anilines is 4. The Kier molecular flexibility index (Phi) is 12.0. The van der Waals surface area contributed by atoms with E-state index in [0.717, 1.165) is 44.9 Å². The molecule has 4 rings (SSSR count). The highest BCUT2D eigenvalue weighted by molar-refractivity contribution is 5.41. The first-order chi connectivity index (χ1) is 20.9. The van der Waals surface area contributed by atoms with Crippen molar-refractivity contribution in [1.29, 1.82) is 0 Å². The van der Waals surface area contributed by atoms with Crippen LogP contribution in [0.2, 0.25) is 0 Å². The summed E-state index contributed by atoms with van der Waals surface area (Å²) in [5.74, 6) is 3.70. The first-order valence-corrected chi connectivity index (χ1v) is 15.9. The van der Waals surface area contributed by atoms with Gasteiger partial charge in [0.05, 0.1) is 0 Å². The maximum absolute atomic E-state index is 10.1. The van der Waals surface area contributed by atoms with Gasteiger partial charge >= 0.3 is 0 Å². The van der Waals surface area contributed by atoms with Crippen LogP contribution in [0, 0.1) is 11.8 Å². The number of aromatic nitrogens is 6. The lowest BCUT2D eigenvalue weighted by molar-refractivity contribution is 0.284. The summed E-state index contributed by atoms with van der Waals surface area (Å²) in [6, 6.07) is 0. The summed E-state index contributed by atoms with van der Waals surface area (Å²) in [5, 5.41) is 40.4. The molecule has 0 radical (unpaired) electrons. The Bertz CT molecular complexity index is 1010. The molecule has 2 fully saturated rings. The SMILES string of the molecule is CCCN(CO)c1nc(C2CC3CC(c4nc(N(CO)CCC)nc(N(CO)CCC)n4)C2C3)nc(N(CO)CCC)n1. The molecular weight excluding hydrogens is 552 g/mol. The topological polar surface area (TPSA) is 171 Å². The van der Waals surface area contributed by atoms with Gasteiger partial charge in [0, 0.05) is 38.0 Å². The molecule has 2 aliphatic rings. The molecule has 0 spiro atoms. The van der Waals surface area contributed by atoms with Crippen LogP contribution in [0.5, 0.6) is 0 Å². The summed E-state index contributed by atoms with van der Waals surface area (Å²) in [7, 11) is 0. The summed E-state index contributed by atoms with van der Waals surface area (Å²) >= 11 is 0. The van der Waals surface area contributed by atoms with Crippen LogP contribution in [0.25, 0.3) is 0 Å². The van der Waals surface area contributed by atoms with E-state index in [-0.39, 0.29) is 44.7 Å². The molecule has 2 heterocycles. The van der Waals surface area contributed by atoms with Gasteiger partial charge in [0.1, 0.15) is 38.6 Å². The fourth-order valence-electron chi connectivity index (χ4n) is 6.60. The molecule has 14 nitrogen and oxygen atoms in total. The molecule has 14 heteroatoms. The van der Waals surface area contributed by atoms with Gasteiger partial charge in [-0.1, -0.05) is 27.7 Å². The van der Waals surface area contributed by atoms with Crippen LogP contribution in [0.1, 0.15) is 96.1 Å². The average molecular weight is 603 g/mol. The van der Waals surface area contributed by atoms with Gasteiger partial charge in [-0.25, -0.2) is 0 Å². The van der Waals surface area contributed by atoms with Crippen LogP contribution in [-0.4, -0.2) is 103 Å². The zero-order valence-electron chi connectivity index (χ0n) is 26.2. The monoisotopic (exact) mass is 602 g/mol. The van der Waals surface area contributed by atoms with Crippen LogP contribution in [0.15, 0.2) is 0 Å². The first kappa shape index (κ1) is 33.0. The quantitative estimate of drug-likeness (QED) is 0.183. The van der Waals surface area contributed by atoms with Crippen LogP contribution < -0.4 is 19.6 Å². The molecule has 2 saturated carbocycles. The molecular formula is C29H50N10O4. The molecule has 4 N–H and O–H groups in total. The second-order valence-corrected chi connectivity index (χ2v) is 11.7. The van der Waals surface area contributed by atoms with E-state index in [9.17, 15) is 20.4 Å². The number of hydrogen-bond acceptors (Lipinski definition) is 14. The van der Waals surface area contributed by atoms with Crippen molar-refractivity contribution in [3.05, 3.63) is 11.6 Å². The highest BCUT2D eigenvalue weighted by atomic mass is 16.3. The van der Waals surface area contributed by atoms with Crippen LogP contribution in [0.4, 0.5) is 23.8 Å². The van der Waals surface area contributed by atoms with E-state index in [1.807, 2.05) is 27.7 Å². The maximum atomic E-state index is 10.1. The Balaban J connectivity index is 1.75. The van der Waals surface area contributed by atoms with Gasteiger partial charge in [0.15, 0.2) is 0 Å². The van der Waals surface area contributed by atoms with Gasteiger partial charge in [-0.3, -0.25) is 0 Å². The summed E-state index contributed by atoms with van der Waals surface area (Å²) in [6.07, 6.45) is 6.15. The van der Waals surface area contributed by atoms with Crippen molar-refractivity contribution in [2.24, 2.45) is 11.8 Å². The Hall–Kier alpha value is -2.94. The Morgan fingerprint density at radius 3 is 1.02 bits per heavy atom. The van der Waals surface area contributed by atoms with Crippen molar-refractivity contribution in [2.75, 3.05) is 72.7 Å². The second kappa shape index (κ2) is 15.7. The minimum absolute atomic E-state index is 0.0337. The van der Waals surface area contributed by atoms with Crippen molar-refractivity contribution < 1.29 is 20.4 Å². The zero-order chi connectivity index (χ0) is 30.9. The zero-order valence-corrected chi connectivity index (χ0v) is 26.2. The third kappa shape index (κ3) is 7.41. The van der Waals surface area contributed by atoms with Gasteiger partial charge in [0.2, 0.25) is 23.8 Å². The number of hydrogen-bond donors (Lipinski definition) is 4. The van der Waals surface area contributed by atoms with E-state index in [2.05, 4.69) is 9.97 Å². The molecule has 2 aromatic rings. The van der Waals surface area contributed by atoms with Crippen LogP contribution in [0.3, 0.4) is 0 Å². The minimum Gasteiger partial charge on any atom is -0.376 e. The third-order valence-corrected chi connectivity index (χ3v) is 8.52. The lowest BCUT2D eigenvalue weighted by atomic mass is 9.79. The summed E-state index contributed by atoms with van der Waals surface area (Å²) < 4.78 is 0. The van der Waals surface area contributed by atoms with Crippen LogP contribution in [-0.2, 0) is 0 Å². The molecule has 43 heavy (non-hydrogen) atoms. The highest BCUT2D eigenvalue weighted by Gasteiger charge is 2.50. The Labute approximate surface area is 254 Å². The number of nitrogens with zero attached hydrogens (tertiary/aromatic N) is 10. The molecule has 240 valence electrons. The Morgan fingerprint density at radius 2 is 0.791 bits per heavy atom. The standard InChI is InChI=1S/C29H50N10O4/c1-5-9-36(16-40)26-30-24(31-27(34-26)37(17-41)10-6-2)22-14-20-13-21(22)23(15-20)25-32-28(38(18-42)11-7-3)35-29(33-25)39(19-43)12-8-4/h20-23,40-43H,5-19H2,1-4H3. The van der Waals surface area contributed by atoms with Gasteiger partial charge in [0.25, 0.3) is 0 Å². The number of rotatable bonds is 18. The van der Waals surface area contributed by atoms with Crippen LogP contribution >= 0.6 is 0 Å². The third-order valence-electron chi connectivity index (χ3n) is 8.52. The smallest absolute Gasteiger partial charge is 0.232 e. The number of aliphatic hydroxyl groups is 4. The van der Waals surface area contributed by atoms with E-state index >= 15 is 0 Å². The lowest BCUT2D eigenvalue weighted by Gasteiger charge is -2.31. The van der Waals surface area contributed by atoms with E-state index in [4.69, 9.17) is 19.9 Å². The molecule has 2 aliphatic carbocycles. The van der Waals surface area contributed by atoms with Gasteiger partial charge < -0.3 is 40.0 Å². The first-order valence-electron chi connectivity index (χ1n) is 15.9. The van der Waals surface area contributed by atoms with Crippen molar-refractivity contribution in [1.82, 2.24) is 29.9 Å². The van der Waals surface area contributed by atoms with E-state index in [0.29, 0.717) is 67.5 Å². The minimum atomic E-state index is -0.211. The molecule has 2 unspecified atom stereocenters. The maximum Gasteiger partial charge on any atom is 0.232 e. The molecule has 0 saturated heterocycles.